The summed E-state index contributed by atoms with van der Waals surface area (Å²) in [7, 11) is 0. The Balaban J connectivity index is 1.63. The Labute approximate surface area is 182 Å². The summed E-state index contributed by atoms with van der Waals surface area (Å²) in [6.45, 7) is 4.18. The van der Waals surface area contributed by atoms with Gasteiger partial charge < -0.3 is 5.32 Å². The lowest BCUT2D eigenvalue weighted by Gasteiger charge is -2.16. The van der Waals surface area contributed by atoms with Crippen molar-refractivity contribution in [2.45, 2.75) is 33.1 Å². The maximum atomic E-state index is 12.5. The van der Waals surface area contributed by atoms with E-state index in [-0.39, 0.29) is 5.91 Å². The lowest BCUT2D eigenvalue weighted by Crippen LogP contribution is -2.13. The summed E-state index contributed by atoms with van der Waals surface area (Å²) in [5.41, 5.74) is 4.97. The predicted molar refractivity (Wildman–Crippen MR) is 123 cm³/mol. The summed E-state index contributed by atoms with van der Waals surface area (Å²) in [6, 6.07) is 21.5. The number of aryl methyl sites for hydroxylation is 1. The summed E-state index contributed by atoms with van der Waals surface area (Å²) >= 11 is 12.2. The van der Waals surface area contributed by atoms with Crippen molar-refractivity contribution in [2.75, 3.05) is 5.32 Å². The van der Waals surface area contributed by atoms with Crippen LogP contribution in [0.15, 0.2) is 66.7 Å². The molecule has 1 atom stereocenters. The Bertz CT molecular complexity index is 982. The van der Waals surface area contributed by atoms with Crippen LogP contribution in [-0.4, -0.2) is 5.91 Å². The largest absolute Gasteiger partial charge is 0.322 e. The molecule has 0 spiro atoms. The van der Waals surface area contributed by atoms with Crippen molar-refractivity contribution in [3.63, 3.8) is 0 Å². The fourth-order valence-electron chi connectivity index (χ4n) is 3.39. The topological polar surface area (TPSA) is 29.1 Å². The molecular formula is C25H25Cl2NO. The van der Waals surface area contributed by atoms with E-state index in [9.17, 15) is 4.79 Å². The molecule has 3 aromatic rings. The molecule has 3 rings (SSSR count). The zero-order valence-electron chi connectivity index (χ0n) is 16.7. The highest BCUT2D eigenvalue weighted by molar-refractivity contribution is 6.42. The second-order valence-electron chi connectivity index (χ2n) is 7.40. The highest BCUT2D eigenvalue weighted by atomic mass is 35.5. The third-order valence-electron chi connectivity index (χ3n) is 5.22. The molecule has 0 aliphatic rings. The number of para-hydroxylation sites is 1. The number of carbonyl (C=O) groups excluding carboxylic acids is 1. The van der Waals surface area contributed by atoms with Crippen LogP contribution in [0.5, 0.6) is 0 Å². The van der Waals surface area contributed by atoms with Crippen LogP contribution in [0.25, 0.3) is 0 Å². The first-order valence-corrected chi connectivity index (χ1v) is 10.6. The van der Waals surface area contributed by atoms with Crippen LogP contribution in [-0.2, 0) is 12.8 Å². The number of hydrogen-bond acceptors (Lipinski definition) is 1. The summed E-state index contributed by atoms with van der Waals surface area (Å²) in [4.78, 5) is 12.5. The Kier molecular flexibility index (Phi) is 7.35. The molecule has 0 bridgehead atoms. The Morgan fingerprint density at radius 1 is 0.897 bits per heavy atom. The first-order chi connectivity index (χ1) is 14.0. The number of hydrogen-bond donors (Lipinski definition) is 1. The van der Waals surface area contributed by atoms with Crippen LogP contribution in [0.3, 0.4) is 0 Å². The van der Waals surface area contributed by atoms with Gasteiger partial charge in [0, 0.05) is 11.3 Å². The molecule has 1 N–H and O–H groups in total. The maximum absolute atomic E-state index is 12.5. The quantitative estimate of drug-likeness (QED) is 0.420. The summed E-state index contributed by atoms with van der Waals surface area (Å²) < 4.78 is 0. The predicted octanol–water partition coefficient (Wildman–Crippen LogP) is 7.37. The number of benzene rings is 3. The zero-order valence-corrected chi connectivity index (χ0v) is 18.2. The summed E-state index contributed by atoms with van der Waals surface area (Å²) in [5.74, 6) is 0.410. The molecule has 1 amide bonds. The molecule has 0 aliphatic carbocycles. The molecule has 150 valence electrons. The third-order valence-corrected chi connectivity index (χ3v) is 5.96. The number of halogens is 2. The van der Waals surface area contributed by atoms with E-state index in [1.807, 2.05) is 73.7 Å². The molecule has 3 aromatic carbocycles. The van der Waals surface area contributed by atoms with Crippen LogP contribution in [0, 0.1) is 12.8 Å². The molecule has 29 heavy (non-hydrogen) atoms. The fourth-order valence-corrected chi connectivity index (χ4v) is 3.71. The van der Waals surface area contributed by atoms with Gasteiger partial charge in [0.2, 0.25) is 0 Å². The van der Waals surface area contributed by atoms with Gasteiger partial charge in [0.25, 0.3) is 5.91 Å². The fraction of sp³-hybridized carbons (Fsp3) is 0.240. The highest BCUT2D eigenvalue weighted by Gasteiger charge is 2.12. The minimum atomic E-state index is -0.0892. The molecule has 1 unspecified atom stereocenters. The lowest BCUT2D eigenvalue weighted by atomic mass is 9.90. The SMILES string of the molecule is CCC(Cc1ccc(C(=O)Nc2ccccc2C)cc1)Cc1ccc(Cl)c(Cl)c1. The Hall–Kier alpha value is -2.29. The van der Waals surface area contributed by atoms with E-state index < -0.39 is 0 Å². The number of anilines is 1. The summed E-state index contributed by atoms with van der Waals surface area (Å²) in [6.07, 6.45) is 2.97. The van der Waals surface area contributed by atoms with Gasteiger partial charge in [-0.15, -0.1) is 0 Å². The van der Waals surface area contributed by atoms with Crippen molar-refractivity contribution < 1.29 is 4.79 Å². The Morgan fingerprint density at radius 2 is 1.55 bits per heavy atom. The van der Waals surface area contributed by atoms with E-state index >= 15 is 0 Å². The van der Waals surface area contributed by atoms with Gasteiger partial charge in [-0.05, 0) is 72.7 Å². The monoisotopic (exact) mass is 425 g/mol. The average molecular weight is 426 g/mol. The highest BCUT2D eigenvalue weighted by Crippen LogP contribution is 2.25. The van der Waals surface area contributed by atoms with Crippen molar-refractivity contribution in [3.8, 4) is 0 Å². The standard InChI is InChI=1S/C25H25Cl2NO/c1-3-18(15-20-10-13-22(26)23(27)16-20)14-19-8-11-21(12-9-19)25(29)28-24-7-5-4-6-17(24)2/h4-13,16,18H,3,14-15H2,1-2H3,(H,28,29). The van der Waals surface area contributed by atoms with E-state index in [1.165, 1.54) is 11.1 Å². The minimum absolute atomic E-state index is 0.0892. The molecule has 2 nitrogen and oxygen atoms in total. The number of carbonyl (C=O) groups is 1. The van der Waals surface area contributed by atoms with Crippen LogP contribution < -0.4 is 5.32 Å². The van der Waals surface area contributed by atoms with Gasteiger partial charge in [0.05, 0.1) is 10.0 Å². The van der Waals surface area contributed by atoms with Crippen molar-refractivity contribution in [3.05, 3.63) is 99.0 Å². The molecular weight excluding hydrogens is 401 g/mol. The van der Waals surface area contributed by atoms with Crippen molar-refractivity contribution in [1.82, 2.24) is 0 Å². The van der Waals surface area contributed by atoms with Gasteiger partial charge in [0.1, 0.15) is 0 Å². The molecule has 0 fully saturated rings. The van der Waals surface area contributed by atoms with E-state index in [4.69, 9.17) is 23.2 Å². The van der Waals surface area contributed by atoms with Gasteiger partial charge in [-0.3, -0.25) is 4.79 Å². The average Bonchev–Trinajstić information content (AvgIpc) is 2.72. The van der Waals surface area contributed by atoms with E-state index in [0.717, 1.165) is 30.5 Å². The molecule has 0 aliphatic heterocycles. The van der Waals surface area contributed by atoms with Gasteiger partial charge in [-0.1, -0.05) is 72.9 Å². The second kappa shape index (κ2) is 9.96. The first-order valence-electron chi connectivity index (χ1n) is 9.86. The molecule has 0 saturated carbocycles. The number of amides is 1. The third kappa shape index (κ3) is 5.85. The van der Waals surface area contributed by atoms with Crippen molar-refractivity contribution >= 4 is 34.8 Å². The molecule has 4 heteroatoms. The van der Waals surface area contributed by atoms with Crippen LogP contribution in [0.2, 0.25) is 10.0 Å². The number of nitrogens with one attached hydrogen (secondary N) is 1. The molecule has 0 heterocycles. The maximum Gasteiger partial charge on any atom is 0.255 e. The Morgan fingerprint density at radius 3 is 2.21 bits per heavy atom. The van der Waals surface area contributed by atoms with Crippen LogP contribution >= 0.6 is 23.2 Å². The van der Waals surface area contributed by atoms with Gasteiger partial charge in [0.15, 0.2) is 0 Å². The zero-order chi connectivity index (χ0) is 20.8. The van der Waals surface area contributed by atoms with E-state index in [2.05, 4.69) is 12.2 Å². The van der Waals surface area contributed by atoms with Gasteiger partial charge in [-0.25, -0.2) is 0 Å². The van der Waals surface area contributed by atoms with Gasteiger partial charge in [-0.2, -0.15) is 0 Å². The van der Waals surface area contributed by atoms with Crippen LogP contribution in [0.4, 0.5) is 5.69 Å². The smallest absolute Gasteiger partial charge is 0.255 e. The molecule has 0 radical (unpaired) electrons. The van der Waals surface area contributed by atoms with Crippen molar-refractivity contribution in [1.29, 1.82) is 0 Å². The minimum Gasteiger partial charge on any atom is -0.322 e. The van der Waals surface area contributed by atoms with Crippen LogP contribution in [0.1, 0.15) is 40.4 Å². The van der Waals surface area contributed by atoms with E-state index in [0.29, 0.717) is 21.5 Å². The van der Waals surface area contributed by atoms with Gasteiger partial charge >= 0.3 is 0 Å². The first kappa shape index (κ1) is 21.4. The van der Waals surface area contributed by atoms with E-state index in [1.54, 1.807) is 0 Å². The molecule has 0 aromatic heterocycles. The van der Waals surface area contributed by atoms with Crippen molar-refractivity contribution in [2.24, 2.45) is 5.92 Å². The second-order valence-corrected chi connectivity index (χ2v) is 8.21. The normalized spacial score (nSPS) is 11.9. The summed E-state index contributed by atoms with van der Waals surface area (Å²) in [5, 5.41) is 4.16. The number of rotatable bonds is 7. The lowest BCUT2D eigenvalue weighted by molar-refractivity contribution is 0.102. The molecule has 0 saturated heterocycles.